The second-order valence-corrected chi connectivity index (χ2v) is 3.47. The van der Waals surface area contributed by atoms with E-state index in [0.717, 1.165) is 11.3 Å². The molecular weight excluding hydrogens is 155 g/mol. The fraction of sp³-hybridized carbons (Fsp3) is 0.333. The number of thiol groups is 1. The van der Waals surface area contributed by atoms with E-state index >= 15 is 0 Å². The van der Waals surface area contributed by atoms with Gasteiger partial charge in [-0.3, -0.25) is 0 Å². The lowest BCUT2D eigenvalue weighted by Crippen LogP contribution is -1.81. The summed E-state index contributed by atoms with van der Waals surface area (Å²) in [5, 5.41) is 1.63. The van der Waals surface area contributed by atoms with Crippen molar-refractivity contribution >= 4 is 24.0 Å². The number of hydrogen-bond donors (Lipinski definition) is 1. The van der Waals surface area contributed by atoms with Gasteiger partial charge in [0.2, 0.25) is 0 Å². The Bertz CT molecular complexity index is 193. The van der Waals surface area contributed by atoms with Gasteiger partial charge in [0, 0.05) is 10.8 Å². The second kappa shape index (κ2) is 2.71. The summed E-state index contributed by atoms with van der Waals surface area (Å²) < 4.78 is 12.6. The van der Waals surface area contributed by atoms with Crippen molar-refractivity contribution in [2.24, 2.45) is 0 Å². The molecule has 0 radical (unpaired) electrons. The SMILES string of the molecule is CC(S)c1ccsc1F. The van der Waals surface area contributed by atoms with E-state index in [9.17, 15) is 4.39 Å². The molecule has 0 N–H and O–H groups in total. The van der Waals surface area contributed by atoms with Gasteiger partial charge in [-0.15, -0.1) is 11.3 Å². The van der Waals surface area contributed by atoms with E-state index in [2.05, 4.69) is 12.6 Å². The topological polar surface area (TPSA) is 0 Å². The summed E-state index contributed by atoms with van der Waals surface area (Å²) in [6.45, 7) is 1.86. The van der Waals surface area contributed by atoms with Gasteiger partial charge in [0.15, 0.2) is 5.13 Å². The monoisotopic (exact) mass is 162 g/mol. The summed E-state index contributed by atoms with van der Waals surface area (Å²) in [4.78, 5) is 0. The van der Waals surface area contributed by atoms with Crippen LogP contribution in [0.15, 0.2) is 11.4 Å². The summed E-state index contributed by atoms with van der Waals surface area (Å²) in [7, 11) is 0. The van der Waals surface area contributed by atoms with Gasteiger partial charge in [0.05, 0.1) is 0 Å². The van der Waals surface area contributed by atoms with Crippen LogP contribution >= 0.6 is 24.0 Å². The van der Waals surface area contributed by atoms with Crippen molar-refractivity contribution in [3.8, 4) is 0 Å². The van der Waals surface area contributed by atoms with Gasteiger partial charge in [-0.25, -0.2) is 0 Å². The van der Waals surface area contributed by atoms with Crippen LogP contribution in [0.5, 0.6) is 0 Å². The molecule has 1 aromatic rings. The molecule has 0 aliphatic carbocycles. The summed E-state index contributed by atoms with van der Waals surface area (Å²) >= 11 is 5.21. The van der Waals surface area contributed by atoms with E-state index < -0.39 is 0 Å². The predicted octanol–water partition coefficient (Wildman–Crippen LogP) is 2.88. The van der Waals surface area contributed by atoms with Crippen molar-refractivity contribution < 1.29 is 4.39 Å². The third-order valence-corrected chi connectivity index (χ3v) is 2.09. The van der Waals surface area contributed by atoms with Crippen LogP contribution in [0.4, 0.5) is 4.39 Å². The quantitative estimate of drug-likeness (QED) is 0.603. The Morgan fingerprint density at radius 2 is 2.44 bits per heavy atom. The van der Waals surface area contributed by atoms with E-state index in [-0.39, 0.29) is 10.4 Å². The molecule has 50 valence electrons. The third kappa shape index (κ3) is 1.46. The number of thiophene rings is 1. The Morgan fingerprint density at radius 3 is 2.67 bits per heavy atom. The molecule has 1 heterocycles. The van der Waals surface area contributed by atoms with Crippen molar-refractivity contribution in [1.29, 1.82) is 0 Å². The van der Waals surface area contributed by atoms with Crippen LogP contribution in [-0.2, 0) is 0 Å². The minimum atomic E-state index is -0.113. The smallest absolute Gasteiger partial charge is 0.180 e. The number of halogens is 1. The van der Waals surface area contributed by atoms with E-state index in [4.69, 9.17) is 0 Å². The van der Waals surface area contributed by atoms with Crippen molar-refractivity contribution in [3.63, 3.8) is 0 Å². The molecule has 9 heavy (non-hydrogen) atoms. The lowest BCUT2D eigenvalue weighted by molar-refractivity contribution is 0.641. The molecule has 0 aliphatic heterocycles. The standard InChI is InChI=1S/C6H7FS2/c1-4(8)5-2-3-9-6(5)7/h2-4,8H,1H3. The van der Waals surface area contributed by atoms with Gasteiger partial charge in [0.25, 0.3) is 0 Å². The van der Waals surface area contributed by atoms with Gasteiger partial charge >= 0.3 is 0 Å². The first kappa shape index (κ1) is 7.09. The highest BCUT2D eigenvalue weighted by Gasteiger charge is 2.06. The molecule has 1 rings (SSSR count). The fourth-order valence-electron chi connectivity index (χ4n) is 0.604. The van der Waals surface area contributed by atoms with Gasteiger partial charge in [0.1, 0.15) is 0 Å². The van der Waals surface area contributed by atoms with Crippen LogP contribution in [0.25, 0.3) is 0 Å². The maximum atomic E-state index is 12.6. The highest BCUT2D eigenvalue weighted by atomic mass is 32.1. The van der Waals surface area contributed by atoms with Crippen molar-refractivity contribution in [3.05, 3.63) is 22.1 Å². The Balaban J connectivity index is 2.94. The molecule has 1 atom stereocenters. The summed E-state index contributed by atoms with van der Waals surface area (Å²) in [6.07, 6.45) is 0. The molecule has 0 bridgehead atoms. The average Bonchev–Trinajstić information content (AvgIpc) is 2.13. The van der Waals surface area contributed by atoms with Gasteiger partial charge in [-0.1, -0.05) is 0 Å². The lowest BCUT2D eigenvalue weighted by atomic mass is 10.3. The first-order valence-electron chi connectivity index (χ1n) is 2.63. The Kier molecular flexibility index (Phi) is 2.13. The Morgan fingerprint density at radius 1 is 1.78 bits per heavy atom. The molecular formula is C6H7FS2. The molecule has 0 fully saturated rings. The van der Waals surface area contributed by atoms with E-state index in [1.165, 1.54) is 0 Å². The van der Waals surface area contributed by atoms with Crippen molar-refractivity contribution in [2.45, 2.75) is 12.2 Å². The lowest BCUT2D eigenvalue weighted by Gasteiger charge is -1.97. The summed E-state index contributed by atoms with van der Waals surface area (Å²) in [6, 6.07) is 1.76. The van der Waals surface area contributed by atoms with E-state index in [1.54, 1.807) is 11.4 Å². The van der Waals surface area contributed by atoms with Crippen LogP contribution in [-0.4, -0.2) is 0 Å². The maximum absolute atomic E-state index is 12.6. The predicted molar refractivity (Wildman–Crippen MR) is 41.7 cm³/mol. The minimum absolute atomic E-state index is 0.0104. The van der Waals surface area contributed by atoms with Crippen molar-refractivity contribution in [1.82, 2.24) is 0 Å². The number of hydrogen-bond acceptors (Lipinski definition) is 2. The highest BCUT2D eigenvalue weighted by molar-refractivity contribution is 7.80. The fourth-order valence-corrected chi connectivity index (χ4v) is 1.61. The number of rotatable bonds is 1. The zero-order chi connectivity index (χ0) is 6.85. The largest absolute Gasteiger partial charge is 0.195 e. The maximum Gasteiger partial charge on any atom is 0.180 e. The average molecular weight is 162 g/mol. The molecule has 0 saturated heterocycles. The van der Waals surface area contributed by atoms with E-state index in [0.29, 0.717) is 5.56 Å². The third-order valence-electron chi connectivity index (χ3n) is 1.10. The summed E-state index contributed by atoms with van der Waals surface area (Å²) in [5.74, 6) is 0. The van der Waals surface area contributed by atoms with Crippen molar-refractivity contribution in [2.75, 3.05) is 0 Å². The van der Waals surface area contributed by atoms with Gasteiger partial charge in [-0.2, -0.15) is 17.0 Å². The van der Waals surface area contributed by atoms with Crippen LogP contribution in [0.2, 0.25) is 0 Å². The Hall–Kier alpha value is -0.0200. The zero-order valence-electron chi connectivity index (χ0n) is 4.97. The molecule has 0 spiro atoms. The molecule has 0 amide bonds. The molecule has 0 aliphatic rings. The molecule has 0 saturated carbocycles. The molecule has 1 unspecified atom stereocenters. The first-order chi connectivity index (χ1) is 4.22. The summed E-state index contributed by atoms with van der Waals surface area (Å²) in [5.41, 5.74) is 0.698. The molecule has 3 heteroatoms. The van der Waals surface area contributed by atoms with Gasteiger partial charge in [-0.05, 0) is 18.4 Å². The first-order valence-corrected chi connectivity index (χ1v) is 4.02. The second-order valence-electron chi connectivity index (χ2n) is 1.83. The van der Waals surface area contributed by atoms with Gasteiger partial charge < -0.3 is 0 Å². The molecule has 0 nitrogen and oxygen atoms in total. The highest BCUT2D eigenvalue weighted by Crippen LogP contribution is 2.25. The van der Waals surface area contributed by atoms with Crippen LogP contribution in [0, 0.1) is 5.13 Å². The van der Waals surface area contributed by atoms with Crippen LogP contribution in [0.3, 0.4) is 0 Å². The zero-order valence-corrected chi connectivity index (χ0v) is 6.68. The normalized spacial score (nSPS) is 13.7. The minimum Gasteiger partial charge on any atom is -0.195 e. The molecule has 0 aromatic carbocycles. The van der Waals surface area contributed by atoms with Crippen LogP contribution < -0.4 is 0 Å². The Labute approximate surface area is 63.1 Å². The molecule has 1 aromatic heterocycles. The van der Waals surface area contributed by atoms with Crippen LogP contribution in [0.1, 0.15) is 17.7 Å². The van der Waals surface area contributed by atoms with E-state index in [1.807, 2.05) is 6.92 Å².